The third kappa shape index (κ3) is 4.67. The van der Waals surface area contributed by atoms with Crippen molar-refractivity contribution in [3.63, 3.8) is 0 Å². The Hall–Kier alpha value is -1.69. The van der Waals surface area contributed by atoms with Gasteiger partial charge in [-0.15, -0.1) is 0 Å². The number of amides is 2. The molecule has 6 heteroatoms. The van der Waals surface area contributed by atoms with Crippen LogP contribution in [0.5, 0.6) is 0 Å². The van der Waals surface area contributed by atoms with Gasteiger partial charge >= 0.3 is 0 Å². The largest absolute Gasteiger partial charge is 0.368 e. The fraction of sp³-hybridized carbons (Fsp3) is 0.333. The minimum absolute atomic E-state index is 0.260. The van der Waals surface area contributed by atoms with E-state index in [1.807, 2.05) is 6.07 Å². The summed E-state index contributed by atoms with van der Waals surface area (Å²) in [5.41, 5.74) is 5.16. The second-order valence-corrected chi connectivity index (χ2v) is 5.38. The van der Waals surface area contributed by atoms with Crippen molar-refractivity contribution in [1.29, 1.82) is 0 Å². The molecule has 1 aromatic carbocycles. The van der Waals surface area contributed by atoms with Crippen LogP contribution in [0.15, 0.2) is 35.2 Å². The van der Waals surface area contributed by atoms with Crippen molar-refractivity contribution in [1.82, 2.24) is 5.32 Å². The smallest absolute Gasteiger partial charge is 0.240 e. The van der Waals surface area contributed by atoms with E-state index in [1.165, 1.54) is 6.92 Å². The van der Waals surface area contributed by atoms with Gasteiger partial charge in [-0.3, -0.25) is 13.8 Å². The molecule has 0 saturated heterocycles. The zero-order valence-corrected chi connectivity index (χ0v) is 10.9. The Balaban J connectivity index is 2.55. The number of primary amides is 1. The SMILES string of the molecule is CC(=O)N[C@@H](CC[S@@](=O)c1ccccc1)C(N)=O. The van der Waals surface area contributed by atoms with Gasteiger partial charge in [0.2, 0.25) is 11.8 Å². The van der Waals surface area contributed by atoms with Crippen molar-refractivity contribution in [2.24, 2.45) is 5.73 Å². The molecule has 1 rings (SSSR count). The molecule has 0 heterocycles. The van der Waals surface area contributed by atoms with Gasteiger partial charge in [-0.2, -0.15) is 0 Å². The number of carbonyl (C=O) groups is 2. The van der Waals surface area contributed by atoms with Gasteiger partial charge in [0.25, 0.3) is 0 Å². The summed E-state index contributed by atoms with van der Waals surface area (Å²) in [6, 6.07) is 8.18. The maximum atomic E-state index is 11.9. The van der Waals surface area contributed by atoms with Gasteiger partial charge in [0.1, 0.15) is 6.04 Å². The van der Waals surface area contributed by atoms with E-state index in [2.05, 4.69) is 5.32 Å². The van der Waals surface area contributed by atoms with Crippen molar-refractivity contribution in [2.45, 2.75) is 24.3 Å². The molecular weight excluding hydrogens is 252 g/mol. The second-order valence-electron chi connectivity index (χ2n) is 3.81. The first-order chi connectivity index (χ1) is 8.50. The monoisotopic (exact) mass is 268 g/mol. The number of carbonyl (C=O) groups excluding carboxylic acids is 2. The standard InChI is InChI=1S/C12H16N2O3S/c1-9(15)14-11(12(13)16)7-8-18(17)10-5-3-2-4-6-10/h2-6,11H,7-8H2,1H3,(H2,13,16)(H,14,15)/t11-,18+/m0/s1. The summed E-state index contributed by atoms with van der Waals surface area (Å²) >= 11 is 0. The molecule has 0 unspecified atom stereocenters. The molecule has 2 atom stereocenters. The lowest BCUT2D eigenvalue weighted by Crippen LogP contribution is -2.44. The molecule has 0 aliphatic rings. The van der Waals surface area contributed by atoms with Crippen molar-refractivity contribution < 1.29 is 13.8 Å². The fourth-order valence-electron chi connectivity index (χ4n) is 1.45. The molecule has 0 aliphatic heterocycles. The van der Waals surface area contributed by atoms with Crippen LogP contribution in [0.1, 0.15) is 13.3 Å². The lowest BCUT2D eigenvalue weighted by molar-refractivity contribution is -0.126. The van der Waals surface area contributed by atoms with Crippen LogP contribution >= 0.6 is 0 Å². The normalized spacial score (nSPS) is 13.6. The number of rotatable bonds is 6. The highest BCUT2D eigenvalue weighted by Gasteiger charge is 2.17. The highest BCUT2D eigenvalue weighted by Crippen LogP contribution is 2.07. The predicted octanol–water partition coefficient (Wildman–Crippen LogP) is 0.174. The fourth-order valence-corrected chi connectivity index (χ4v) is 2.59. The molecule has 98 valence electrons. The molecule has 0 radical (unpaired) electrons. The molecule has 0 spiro atoms. The molecule has 2 amide bonds. The lowest BCUT2D eigenvalue weighted by Gasteiger charge is -2.13. The maximum Gasteiger partial charge on any atom is 0.240 e. The van der Waals surface area contributed by atoms with Crippen LogP contribution in [0.2, 0.25) is 0 Å². The topological polar surface area (TPSA) is 89.3 Å². The van der Waals surface area contributed by atoms with Crippen LogP contribution in [0.25, 0.3) is 0 Å². The van der Waals surface area contributed by atoms with Crippen molar-refractivity contribution in [3.05, 3.63) is 30.3 Å². The van der Waals surface area contributed by atoms with Crippen LogP contribution in [0.3, 0.4) is 0 Å². The molecule has 0 fully saturated rings. The summed E-state index contributed by atoms with van der Waals surface area (Å²) in [5.74, 6) is -0.669. The molecule has 0 bridgehead atoms. The highest BCUT2D eigenvalue weighted by atomic mass is 32.2. The average molecular weight is 268 g/mol. The first-order valence-corrected chi connectivity index (χ1v) is 6.82. The minimum atomic E-state index is -1.19. The van der Waals surface area contributed by atoms with Crippen molar-refractivity contribution >= 4 is 22.6 Å². The number of nitrogens with two attached hydrogens (primary N) is 1. The Bertz CT molecular complexity index is 448. The van der Waals surface area contributed by atoms with Gasteiger partial charge in [-0.25, -0.2) is 0 Å². The number of hydrogen-bond donors (Lipinski definition) is 2. The van der Waals surface area contributed by atoms with Gasteiger partial charge in [-0.05, 0) is 18.6 Å². The summed E-state index contributed by atoms with van der Waals surface area (Å²) in [5, 5.41) is 2.44. The Labute approximate surface area is 108 Å². The van der Waals surface area contributed by atoms with Crippen LogP contribution in [0, 0.1) is 0 Å². The molecule has 5 nitrogen and oxygen atoms in total. The van der Waals surface area contributed by atoms with E-state index in [4.69, 9.17) is 5.73 Å². The molecule has 1 aromatic rings. The van der Waals surface area contributed by atoms with E-state index < -0.39 is 22.7 Å². The van der Waals surface area contributed by atoms with Gasteiger partial charge in [-0.1, -0.05) is 18.2 Å². The first kappa shape index (κ1) is 14.4. The maximum absolute atomic E-state index is 11.9. The van der Waals surface area contributed by atoms with Crippen molar-refractivity contribution in [2.75, 3.05) is 5.75 Å². The lowest BCUT2D eigenvalue weighted by atomic mass is 10.2. The van der Waals surface area contributed by atoms with Crippen LogP contribution in [0.4, 0.5) is 0 Å². The van der Waals surface area contributed by atoms with E-state index in [9.17, 15) is 13.8 Å². The predicted molar refractivity (Wildman–Crippen MR) is 69.1 cm³/mol. The van der Waals surface area contributed by atoms with E-state index in [1.54, 1.807) is 24.3 Å². The minimum Gasteiger partial charge on any atom is -0.368 e. The van der Waals surface area contributed by atoms with Gasteiger partial charge in [0.05, 0.1) is 10.8 Å². The number of nitrogens with one attached hydrogen (secondary N) is 1. The zero-order chi connectivity index (χ0) is 13.5. The summed E-state index contributed by atoms with van der Waals surface area (Å²) in [4.78, 5) is 22.7. The molecule has 0 saturated carbocycles. The third-order valence-corrected chi connectivity index (χ3v) is 3.72. The Morgan fingerprint density at radius 1 is 1.33 bits per heavy atom. The molecular formula is C12H16N2O3S. The average Bonchev–Trinajstić information content (AvgIpc) is 2.34. The summed E-state index contributed by atoms with van der Waals surface area (Å²) < 4.78 is 11.9. The van der Waals surface area contributed by atoms with Crippen molar-refractivity contribution in [3.8, 4) is 0 Å². The molecule has 0 aromatic heterocycles. The van der Waals surface area contributed by atoms with E-state index >= 15 is 0 Å². The highest BCUT2D eigenvalue weighted by molar-refractivity contribution is 7.85. The zero-order valence-electron chi connectivity index (χ0n) is 10.1. The quantitative estimate of drug-likeness (QED) is 0.771. The summed E-state index contributed by atoms with van der Waals surface area (Å²) in [6.07, 6.45) is 0.260. The van der Waals surface area contributed by atoms with Crippen LogP contribution in [-0.2, 0) is 20.4 Å². The van der Waals surface area contributed by atoms with E-state index in [0.717, 1.165) is 0 Å². The summed E-state index contributed by atoms with van der Waals surface area (Å²) in [7, 11) is -1.19. The van der Waals surface area contributed by atoms with Crippen LogP contribution in [-0.4, -0.2) is 27.8 Å². The summed E-state index contributed by atoms with van der Waals surface area (Å²) in [6.45, 7) is 1.31. The van der Waals surface area contributed by atoms with Gasteiger partial charge < -0.3 is 11.1 Å². The Morgan fingerprint density at radius 3 is 2.44 bits per heavy atom. The van der Waals surface area contributed by atoms with Gasteiger partial charge in [0.15, 0.2) is 0 Å². The molecule has 3 N–H and O–H groups in total. The number of benzene rings is 1. The first-order valence-electron chi connectivity index (χ1n) is 5.50. The Morgan fingerprint density at radius 2 is 1.94 bits per heavy atom. The second kappa shape index (κ2) is 6.90. The van der Waals surface area contributed by atoms with E-state index in [0.29, 0.717) is 4.90 Å². The van der Waals surface area contributed by atoms with Gasteiger partial charge in [0, 0.05) is 17.6 Å². The Kier molecular flexibility index (Phi) is 5.51. The molecule has 18 heavy (non-hydrogen) atoms. The van der Waals surface area contributed by atoms with E-state index in [-0.39, 0.29) is 18.1 Å². The van der Waals surface area contributed by atoms with Crippen LogP contribution < -0.4 is 11.1 Å². The molecule has 0 aliphatic carbocycles. The number of hydrogen-bond acceptors (Lipinski definition) is 3. The third-order valence-electron chi connectivity index (χ3n) is 2.32.